The molecule has 1 aliphatic rings. The highest BCUT2D eigenvalue weighted by Gasteiger charge is 2.20. The molecule has 1 heterocycles. The number of nitrogens with one attached hydrogen (secondary N) is 2. The zero-order valence-corrected chi connectivity index (χ0v) is 18.4. The Labute approximate surface area is 190 Å². The highest BCUT2D eigenvalue weighted by molar-refractivity contribution is 7.92. The summed E-state index contributed by atoms with van der Waals surface area (Å²) in [6.07, 6.45) is 0.824. The highest BCUT2D eigenvalue weighted by Crippen LogP contribution is 2.26. The maximum atomic E-state index is 13.3. The minimum absolute atomic E-state index is 0.165. The van der Waals surface area contributed by atoms with Gasteiger partial charge in [-0.15, -0.1) is 0 Å². The van der Waals surface area contributed by atoms with Crippen LogP contribution >= 0.6 is 11.6 Å². The Balaban J connectivity index is 1.35. The fourth-order valence-corrected chi connectivity index (χ4v) is 4.74. The van der Waals surface area contributed by atoms with Crippen molar-refractivity contribution in [2.45, 2.75) is 11.3 Å². The van der Waals surface area contributed by atoms with Crippen LogP contribution in [-0.4, -0.2) is 27.5 Å². The summed E-state index contributed by atoms with van der Waals surface area (Å²) in [5.41, 5.74) is 1.78. The molecule has 32 heavy (non-hydrogen) atoms. The zero-order chi connectivity index (χ0) is 22.7. The van der Waals surface area contributed by atoms with Crippen molar-refractivity contribution in [1.82, 2.24) is 5.32 Å². The number of carbonyl (C=O) groups is 1. The van der Waals surface area contributed by atoms with Crippen molar-refractivity contribution in [1.29, 1.82) is 0 Å². The number of ether oxygens (including phenoxy) is 1. The van der Waals surface area contributed by atoms with Crippen LogP contribution in [0.1, 0.15) is 15.9 Å². The largest absolute Gasteiger partial charge is 0.493 e. The molecule has 3 aromatic rings. The van der Waals surface area contributed by atoms with Crippen LogP contribution in [0.5, 0.6) is 5.75 Å². The Bertz CT molecular complexity index is 1250. The molecule has 0 radical (unpaired) electrons. The number of hydrogen-bond acceptors (Lipinski definition) is 4. The van der Waals surface area contributed by atoms with Gasteiger partial charge in [-0.3, -0.25) is 9.52 Å². The van der Waals surface area contributed by atoms with Crippen molar-refractivity contribution in [2.75, 3.05) is 17.9 Å². The molecule has 6 nitrogen and oxygen atoms in total. The molecular weight excluding hydrogens is 455 g/mol. The molecule has 166 valence electrons. The van der Waals surface area contributed by atoms with Gasteiger partial charge in [0.05, 0.1) is 16.5 Å². The van der Waals surface area contributed by atoms with Gasteiger partial charge in [-0.2, -0.15) is 0 Å². The van der Waals surface area contributed by atoms with E-state index in [1.807, 2.05) is 24.3 Å². The van der Waals surface area contributed by atoms with Crippen molar-refractivity contribution in [3.63, 3.8) is 0 Å². The molecule has 1 atom stereocenters. The van der Waals surface area contributed by atoms with Gasteiger partial charge in [0.15, 0.2) is 0 Å². The SMILES string of the molecule is O=C(NCC1COc2ccccc2C1)c1ccc(NS(=O)(=O)c2ccc(F)c(Cl)c2)cc1. The van der Waals surface area contributed by atoms with Gasteiger partial charge in [-0.05, 0) is 60.5 Å². The van der Waals surface area contributed by atoms with Crippen LogP contribution < -0.4 is 14.8 Å². The van der Waals surface area contributed by atoms with Crippen LogP contribution in [0.3, 0.4) is 0 Å². The van der Waals surface area contributed by atoms with E-state index in [0.29, 0.717) is 18.7 Å². The molecule has 9 heteroatoms. The molecule has 4 rings (SSSR count). The van der Waals surface area contributed by atoms with Gasteiger partial charge in [0, 0.05) is 23.7 Å². The number of anilines is 1. The summed E-state index contributed by atoms with van der Waals surface area (Å²) in [4.78, 5) is 12.3. The minimum Gasteiger partial charge on any atom is -0.493 e. The molecule has 0 saturated carbocycles. The van der Waals surface area contributed by atoms with E-state index in [2.05, 4.69) is 10.0 Å². The third-order valence-corrected chi connectivity index (χ3v) is 6.78. The van der Waals surface area contributed by atoms with E-state index in [0.717, 1.165) is 35.9 Å². The summed E-state index contributed by atoms with van der Waals surface area (Å²) < 4.78 is 46.3. The normalized spacial score (nSPS) is 15.4. The number of benzene rings is 3. The summed E-state index contributed by atoms with van der Waals surface area (Å²) in [5, 5.41) is 2.61. The quantitative estimate of drug-likeness (QED) is 0.559. The number of carbonyl (C=O) groups excluding carboxylic acids is 1. The van der Waals surface area contributed by atoms with E-state index >= 15 is 0 Å². The molecule has 0 aromatic heterocycles. The van der Waals surface area contributed by atoms with Gasteiger partial charge in [-0.25, -0.2) is 12.8 Å². The Morgan fingerprint density at radius 2 is 1.84 bits per heavy atom. The average Bonchev–Trinajstić information content (AvgIpc) is 2.79. The van der Waals surface area contributed by atoms with Crippen LogP contribution in [-0.2, 0) is 16.4 Å². The van der Waals surface area contributed by atoms with Gasteiger partial charge in [0.1, 0.15) is 11.6 Å². The van der Waals surface area contributed by atoms with Crippen molar-refractivity contribution in [3.05, 3.63) is 88.7 Å². The maximum Gasteiger partial charge on any atom is 0.261 e. The zero-order valence-electron chi connectivity index (χ0n) is 16.8. The topological polar surface area (TPSA) is 84.5 Å². The van der Waals surface area contributed by atoms with Gasteiger partial charge < -0.3 is 10.1 Å². The lowest BCUT2D eigenvalue weighted by atomic mass is 9.96. The molecule has 1 unspecified atom stereocenters. The van der Waals surface area contributed by atoms with E-state index < -0.39 is 15.8 Å². The first-order valence-electron chi connectivity index (χ1n) is 9.89. The molecule has 1 amide bonds. The van der Waals surface area contributed by atoms with E-state index in [9.17, 15) is 17.6 Å². The van der Waals surface area contributed by atoms with Gasteiger partial charge in [0.25, 0.3) is 15.9 Å². The highest BCUT2D eigenvalue weighted by atomic mass is 35.5. The van der Waals surface area contributed by atoms with Crippen LogP contribution in [0.4, 0.5) is 10.1 Å². The number of halogens is 2. The second-order valence-corrected chi connectivity index (χ2v) is 9.55. The number of fused-ring (bicyclic) bond motifs is 1. The molecule has 0 bridgehead atoms. The molecule has 0 aliphatic carbocycles. The van der Waals surface area contributed by atoms with Crippen LogP contribution in [0.2, 0.25) is 5.02 Å². The third kappa shape index (κ3) is 5.03. The standard InChI is InChI=1S/C23H20ClFN2O4S/c24-20-12-19(9-10-21(20)25)32(29,30)27-18-7-5-16(6-8-18)23(28)26-13-15-11-17-3-1-2-4-22(17)31-14-15/h1-10,12,15,27H,11,13-14H2,(H,26,28). The second kappa shape index (κ2) is 9.18. The lowest BCUT2D eigenvalue weighted by Gasteiger charge is -2.25. The number of sulfonamides is 1. The van der Waals surface area contributed by atoms with E-state index in [1.165, 1.54) is 24.3 Å². The smallest absolute Gasteiger partial charge is 0.261 e. The minimum atomic E-state index is -3.95. The predicted molar refractivity (Wildman–Crippen MR) is 120 cm³/mol. The van der Waals surface area contributed by atoms with Crippen LogP contribution in [0.15, 0.2) is 71.6 Å². The van der Waals surface area contributed by atoms with Crippen molar-refractivity contribution in [2.24, 2.45) is 5.92 Å². The lowest BCUT2D eigenvalue weighted by molar-refractivity contribution is 0.0939. The summed E-state index contributed by atoms with van der Waals surface area (Å²) in [6, 6.07) is 17.0. The molecule has 2 N–H and O–H groups in total. The summed E-state index contributed by atoms with van der Waals surface area (Å²) >= 11 is 5.67. The number of rotatable bonds is 6. The molecule has 0 spiro atoms. The van der Waals surface area contributed by atoms with Crippen LogP contribution in [0.25, 0.3) is 0 Å². The van der Waals surface area contributed by atoms with Gasteiger partial charge in [0.2, 0.25) is 0 Å². The van der Waals surface area contributed by atoms with Crippen molar-refractivity contribution >= 4 is 33.2 Å². The maximum absolute atomic E-state index is 13.3. The van der Waals surface area contributed by atoms with E-state index in [4.69, 9.17) is 16.3 Å². The summed E-state index contributed by atoms with van der Waals surface area (Å²) in [5.74, 6) is 0.0899. The average molecular weight is 475 g/mol. The fourth-order valence-electron chi connectivity index (χ4n) is 3.41. The van der Waals surface area contributed by atoms with Crippen LogP contribution in [0, 0.1) is 11.7 Å². The molecule has 0 fully saturated rings. The first kappa shape index (κ1) is 22.1. The second-order valence-electron chi connectivity index (χ2n) is 7.46. The predicted octanol–water partition coefficient (Wildman–Crippen LogP) is 4.26. The number of amides is 1. The Kier molecular flexibility index (Phi) is 6.34. The van der Waals surface area contributed by atoms with E-state index in [-0.39, 0.29) is 27.4 Å². The van der Waals surface area contributed by atoms with Crippen molar-refractivity contribution < 1.29 is 22.3 Å². The first-order chi connectivity index (χ1) is 15.3. The van der Waals surface area contributed by atoms with Gasteiger partial charge >= 0.3 is 0 Å². The summed E-state index contributed by atoms with van der Waals surface area (Å²) in [7, 11) is -3.95. The number of hydrogen-bond donors (Lipinski definition) is 2. The monoisotopic (exact) mass is 474 g/mol. The molecule has 1 aliphatic heterocycles. The van der Waals surface area contributed by atoms with Crippen molar-refractivity contribution in [3.8, 4) is 5.75 Å². The Morgan fingerprint density at radius 3 is 2.59 bits per heavy atom. The molecule has 3 aromatic carbocycles. The molecule has 0 saturated heterocycles. The third-order valence-electron chi connectivity index (χ3n) is 5.11. The first-order valence-corrected chi connectivity index (χ1v) is 11.7. The fraction of sp³-hybridized carbons (Fsp3) is 0.174. The lowest BCUT2D eigenvalue weighted by Crippen LogP contribution is -2.34. The Morgan fingerprint density at radius 1 is 1.09 bits per heavy atom. The number of para-hydroxylation sites is 1. The van der Waals surface area contributed by atoms with Gasteiger partial charge in [-0.1, -0.05) is 29.8 Å². The summed E-state index contributed by atoms with van der Waals surface area (Å²) in [6.45, 7) is 0.998. The molecular formula is C23H20ClFN2O4S. The Hall–Kier alpha value is -3.10. The van der Waals surface area contributed by atoms with E-state index in [1.54, 1.807) is 0 Å².